The van der Waals surface area contributed by atoms with Gasteiger partial charge < -0.3 is 15.6 Å². The zero-order valence-electron chi connectivity index (χ0n) is 18.9. The molecular weight excluding hydrogens is 484 g/mol. The average molecular weight is 505 g/mol. The van der Waals surface area contributed by atoms with Gasteiger partial charge in [0.1, 0.15) is 12.2 Å². The molecule has 4 aromatic rings. The molecule has 1 saturated carbocycles. The molecule has 0 unspecified atom stereocenters. The molecule has 1 fully saturated rings. The summed E-state index contributed by atoms with van der Waals surface area (Å²) in [5, 5.41) is 36.9. The van der Waals surface area contributed by atoms with Crippen LogP contribution in [0.15, 0.2) is 67.1 Å². The Hall–Kier alpha value is -4.31. The number of carboxylic acid groups (broad SMARTS) is 1. The predicted molar refractivity (Wildman–Crippen MR) is 131 cm³/mol. The number of nitrogens with zero attached hydrogens (tertiary/aromatic N) is 5. The summed E-state index contributed by atoms with van der Waals surface area (Å²) in [6.07, 6.45) is 5.46. The van der Waals surface area contributed by atoms with Crippen LogP contribution < -0.4 is 10.0 Å². The quantitative estimate of drug-likeness (QED) is 0.275. The van der Waals surface area contributed by atoms with Gasteiger partial charge in [-0.15, -0.1) is 5.10 Å². The summed E-state index contributed by atoms with van der Waals surface area (Å²) in [6.45, 7) is 0. The first-order valence-corrected chi connectivity index (χ1v) is 11.7. The lowest BCUT2D eigenvalue weighted by atomic mass is 9.95. The Labute approximate surface area is 210 Å². The predicted octanol–water partition coefficient (Wildman–Crippen LogP) is 3.84. The fraction of sp³-hybridized carbons (Fsp3) is 0.200. The second-order valence-corrected chi connectivity index (χ2v) is 9.12. The number of hydrogen-bond donors (Lipinski definition) is 2. The van der Waals surface area contributed by atoms with Crippen molar-refractivity contribution in [3.05, 3.63) is 88.6 Å². The normalized spacial score (nSPS) is 13.8. The molecule has 10 nitrogen and oxygen atoms in total. The van der Waals surface area contributed by atoms with Crippen molar-refractivity contribution in [3.8, 4) is 16.8 Å². The molecule has 5 rings (SSSR count). The topological polar surface area (TPSA) is 137 Å². The number of pyridine rings is 1. The zero-order chi connectivity index (χ0) is 25.2. The monoisotopic (exact) mass is 504 g/mol. The van der Waals surface area contributed by atoms with Crippen LogP contribution >= 0.6 is 11.6 Å². The number of carbonyl (C=O) groups is 2. The van der Waals surface area contributed by atoms with Crippen LogP contribution in [0.1, 0.15) is 41.2 Å². The Bertz CT molecular complexity index is 1420. The SMILES string of the molecule is O=C(O)c1ccc(NC(=O)[C@H](CC2CC2)c2ccc(-c3cc(Cl)ccc3-n3cnnn3)c[n+]2[O-])cc1. The fourth-order valence-corrected chi connectivity index (χ4v) is 4.28. The number of aromatic nitrogens is 5. The molecule has 2 N–H and O–H groups in total. The van der Waals surface area contributed by atoms with Crippen LogP contribution in [0.5, 0.6) is 0 Å². The number of rotatable bonds is 8. The largest absolute Gasteiger partial charge is 0.618 e. The summed E-state index contributed by atoms with van der Waals surface area (Å²) >= 11 is 6.23. The highest BCUT2D eigenvalue weighted by Crippen LogP contribution is 2.39. The van der Waals surface area contributed by atoms with E-state index in [2.05, 4.69) is 20.8 Å². The third-order valence-electron chi connectivity index (χ3n) is 6.15. The number of benzene rings is 2. The Kier molecular flexibility index (Phi) is 6.34. The molecule has 1 amide bonds. The first kappa shape index (κ1) is 23.4. The van der Waals surface area contributed by atoms with Crippen molar-refractivity contribution in [2.75, 3.05) is 5.32 Å². The van der Waals surface area contributed by atoms with Crippen LogP contribution in [0.25, 0.3) is 16.8 Å². The number of anilines is 1. The number of aromatic carboxylic acids is 1. The lowest BCUT2D eigenvalue weighted by Crippen LogP contribution is -2.37. The van der Waals surface area contributed by atoms with Gasteiger partial charge >= 0.3 is 5.97 Å². The van der Waals surface area contributed by atoms with Gasteiger partial charge in [-0.1, -0.05) is 24.4 Å². The Morgan fingerprint density at radius 3 is 2.58 bits per heavy atom. The smallest absolute Gasteiger partial charge is 0.335 e. The van der Waals surface area contributed by atoms with E-state index in [-0.39, 0.29) is 11.5 Å². The van der Waals surface area contributed by atoms with Gasteiger partial charge in [-0.3, -0.25) is 4.79 Å². The van der Waals surface area contributed by atoms with Crippen molar-refractivity contribution in [2.24, 2.45) is 5.92 Å². The lowest BCUT2D eigenvalue weighted by molar-refractivity contribution is -0.614. The first-order valence-electron chi connectivity index (χ1n) is 11.3. The molecule has 11 heteroatoms. The number of carbonyl (C=O) groups excluding carboxylic acids is 1. The van der Waals surface area contributed by atoms with Gasteiger partial charge in [0.05, 0.1) is 11.3 Å². The van der Waals surface area contributed by atoms with Gasteiger partial charge in [0, 0.05) is 27.9 Å². The minimum absolute atomic E-state index is 0.123. The maximum atomic E-state index is 13.2. The summed E-state index contributed by atoms with van der Waals surface area (Å²) in [5.74, 6) is -1.65. The highest BCUT2D eigenvalue weighted by Gasteiger charge is 2.35. The number of hydrogen-bond acceptors (Lipinski definition) is 6. The molecule has 1 aliphatic rings. The molecule has 0 aliphatic heterocycles. The van der Waals surface area contributed by atoms with Gasteiger partial charge in [0.15, 0.2) is 6.20 Å². The summed E-state index contributed by atoms with van der Waals surface area (Å²) in [7, 11) is 0. The minimum atomic E-state index is -1.05. The molecule has 1 aliphatic carbocycles. The third kappa shape index (κ3) is 5.03. The highest BCUT2D eigenvalue weighted by molar-refractivity contribution is 6.31. The number of tetrazole rings is 1. The summed E-state index contributed by atoms with van der Waals surface area (Å²) in [4.78, 5) is 24.3. The van der Waals surface area contributed by atoms with E-state index in [0.29, 0.717) is 45.6 Å². The standard InChI is InChI=1S/C25H21ClN6O4/c26-18-6-10-22(31-14-27-29-30-31)20(12-18)17-5-9-23(32(36)13-17)21(11-15-1-2-15)24(33)28-19-7-3-16(4-8-19)25(34)35/h3-10,12-15,21H,1-2,11H2,(H,28,33)(H,34,35)/t21-/m1/s1. The van der Waals surface area contributed by atoms with Gasteiger partial charge in [-0.05, 0) is 71.3 Å². The van der Waals surface area contributed by atoms with Crippen molar-refractivity contribution in [1.29, 1.82) is 0 Å². The van der Waals surface area contributed by atoms with Crippen LogP contribution in [-0.2, 0) is 4.79 Å². The summed E-state index contributed by atoms with van der Waals surface area (Å²) in [5.41, 5.74) is 2.82. The third-order valence-corrected chi connectivity index (χ3v) is 6.38. The first-order chi connectivity index (χ1) is 17.4. The van der Waals surface area contributed by atoms with E-state index in [1.54, 1.807) is 30.3 Å². The van der Waals surface area contributed by atoms with Crippen molar-refractivity contribution < 1.29 is 19.4 Å². The van der Waals surface area contributed by atoms with E-state index in [4.69, 9.17) is 16.7 Å². The van der Waals surface area contributed by atoms with Crippen LogP contribution in [0.3, 0.4) is 0 Å². The van der Waals surface area contributed by atoms with E-state index in [9.17, 15) is 14.8 Å². The Balaban J connectivity index is 1.45. The second-order valence-electron chi connectivity index (χ2n) is 8.69. The molecule has 0 bridgehead atoms. The van der Waals surface area contributed by atoms with Crippen LogP contribution in [0.4, 0.5) is 5.69 Å². The maximum absolute atomic E-state index is 13.2. The summed E-state index contributed by atoms with van der Waals surface area (Å²) in [6, 6.07) is 14.5. The highest BCUT2D eigenvalue weighted by atomic mass is 35.5. The molecule has 2 heterocycles. The molecular formula is C25H21ClN6O4. The number of carboxylic acids is 1. The molecule has 0 spiro atoms. The van der Waals surface area contributed by atoms with Gasteiger partial charge in [0.2, 0.25) is 11.6 Å². The van der Waals surface area contributed by atoms with Crippen molar-refractivity contribution in [1.82, 2.24) is 20.2 Å². The van der Waals surface area contributed by atoms with Gasteiger partial charge in [-0.25, -0.2) is 4.79 Å². The molecule has 0 saturated heterocycles. The zero-order valence-corrected chi connectivity index (χ0v) is 19.7. The molecule has 36 heavy (non-hydrogen) atoms. The second kappa shape index (κ2) is 9.74. The van der Waals surface area contributed by atoms with Crippen molar-refractivity contribution in [3.63, 3.8) is 0 Å². The fourth-order valence-electron chi connectivity index (χ4n) is 4.11. The van der Waals surface area contributed by atoms with E-state index < -0.39 is 11.9 Å². The van der Waals surface area contributed by atoms with E-state index in [1.165, 1.54) is 41.5 Å². The minimum Gasteiger partial charge on any atom is -0.618 e. The van der Waals surface area contributed by atoms with E-state index in [0.717, 1.165) is 17.6 Å². The van der Waals surface area contributed by atoms with E-state index in [1.807, 2.05) is 0 Å². The van der Waals surface area contributed by atoms with Crippen molar-refractivity contribution >= 4 is 29.2 Å². The summed E-state index contributed by atoms with van der Waals surface area (Å²) < 4.78 is 2.20. The molecule has 182 valence electrons. The maximum Gasteiger partial charge on any atom is 0.335 e. The molecule has 2 aromatic heterocycles. The Morgan fingerprint density at radius 2 is 1.94 bits per heavy atom. The molecule has 1 atom stereocenters. The molecule has 2 aromatic carbocycles. The van der Waals surface area contributed by atoms with Crippen molar-refractivity contribution in [2.45, 2.75) is 25.2 Å². The van der Waals surface area contributed by atoms with Crippen LogP contribution in [0.2, 0.25) is 5.02 Å². The Morgan fingerprint density at radius 1 is 1.17 bits per heavy atom. The number of nitrogens with one attached hydrogen (secondary N) is 1. The van der Waals surface area contributed by atoms with Crippen LogP contribution in [0, 0.1) is 11.1 Å². The average Bonchev–Trinajstić information content (AvgIpc) is 3.52. The molecule has 0 radical (unpaired) electrons. The van der Waals surface area contributed by atoms with E-state index >= 15 is 0 Å². The van der Waals surface area contributed by atoms with Gasteiger partial charge in [-0.2, -0.15) is 9.41 Å². The van der Waals surface area contributed by atoms with Gasteiger partial charge in [0.25, 0.3) is 0 Å². The lowest BCUT2D eigenvalue weighted by Gasteiger charge is -2.17. The number of amides is 1. The van der Waals surface area contributed by atoms with Crippen LogP contribution in [-0.4, -0.2) is 37.2 Å². The number of halogens is 1.